The van der Waals surface area contributed by atoms with Crippen LogP contribution in [0.4, 0.5) is 0 Å². The second kappa shape index (κ2) is 29.3. The van der Waals surface area contributed by atoms with E-state index < -0.39 is 132 Å². The Kier molecular flexibility index (Phi) is 24.9. The zero-order chi connectivity index (χ0) is 52.8. The van der Waals surface area contributed by atoms with E-state index in [4.69, 9.17) is 11.5 Å². The third kappa shape index (κ3) is 20.9. The van der Waals surface area contributed by atoms with Gasteiger partial charge in [0.15, 0.2) is 0 Å². The molecule has 0 radical (unpaired) electrons. The van der Waals surface area contributed by atoms with Crippen LogP contribution in [0.1, 0.15) is 84.8 Å². The van der Waals surface area contributed by atoms with Crippen molar-refractivity contribution < 1.29 is 63.3 Å². The molecule has 0 spiro atoms. The standard InChI is InChI=1S/C47H69N9O13S/c1-7-26(6)39(56-40(61)30(48)19-28-13-15-29(57)16-14-28)46(67)53-33(21-37(49)58)43(64)55-36(23-70)45(66)52-34(22-38(59)60)44(65)51-32(20-27-11-9-8-10-12-27)42(63)50-31(17-24(2)3)41(62)54-35(47(68)69)18-25(4)5/h8-16,24-26,30-36,39,57,70H,7,17-23,48H2,1-6H3,(H2,49,58)(H,50,63)(H,51,65)(H,52,66)(H,53,67)(H,54,62)(H,55,64)(H,56,61)(H,59,60)(H,68,69)/t26-,30-,31-,32-,33-,34-,35-,36-,39-/m0/s1. The van der Waals surface area contributed by atoms with E-state index in [9.17, 15) is 63.3 Å². The van der Waals surface area contributed by atoms with Crippen molar-refractivity contribution in [3.63, 3.8) is 0 Å². The molecule has 9 atom stereocenters. The number of benzene rings is 2. The Morgan fingerprint density at radius 1 is 0.543 bits per heavy atom. The Morgan fingerprint density at radius 2 is 0.986 bits per heavy atom. The van der Waals surface area contributed by atoms with Crippen LogP contribution < -0.4 is 48.7 Å². The minimum absolute atomic E-state index is 0.0115. The monoisotopic (exact) mass is 999 g/mol. The summed E-state index contributed by atoms with van der Waals surface area (Å²) in [5.41, 5.74) is 12.7. The third-order valence-corrected chi connectivity index (χ3v) is 11.3. The van der Waals surface area contributed by atoms with Gasteiger partial charge in [-0.1, -0.05) is 90.4 Å². The van der Waals surface area contributed by atoms with Crippen molar-refractivity contribution in [3.05, 3.63) is 65.7 Å². The largest absolute Gasteiger partial charge is 0.508 e. The number of hydrogen-bond donors (Lipinski definition) is 13. The molecule has 22 nitrogen and oxygen atoms in total. The molecular weight excluding hydrogens is 931 g/mol. The van der Waals surface area contributed by atoms with Gasteiger partial charge >= 0.3 is 11.9 Å². The van der Waals surface area contributed by atoms with Crippen LogP contribution in [-0.2, 0) is 60.8 Å². The van der Waals surface area contributed by atoms with Crippen molar-refractivity contribution in [2.75, 3.05) is 5.75 Å². The average molecular weight is 1000 g/mol. The molecule has 386 valence electrons. The highest BCUT2D eigenvalue weighted by molar-refractivity contribution is 7.80. The minimum atomic E-state index is -1.88. The highest BCUT2D eigenvalue weighted by atomic mass is 32.1. The van der Waals surface area contributed by atoms with Gasteiger partial charge in [0.25, 0.3) is 0 Å². The number of phenols is 1. The first-order valence-corrected chi connectivity index (χ1v) is 23.5. The SMILES string of the molecule is CC[C@H](C)[C@H](NC(=O)[C@@H](N)Cc1ccc(O)cc1)C(=O)N[C@@H](CC(N)=O)C(=O)N[C@@H](CS)C(=O)N[C@@H](CC(=O)O)C(=O)N[C@@H](Cc1ccccc1)C(=O)N[C@@H](CC(C)C)C(=O)N[C@@H](CC(C)C)C(=O)O. The normalized spacial score (nSPS) is 15.0. The molecule has 2 aromatic rings. The first-order chi connectivity index (χ1) is 32.8. The summed E-state index contributed by atoms with van der Waals surface area (Å²) in [6.07, 6.45) is -1.37. The van der Waals surface area contributed by atoms with E-state index in [1.807, 2.05) is 0 Å². The number of phenolic OH excluding ortho intramolecular Hbond substituents is 1. The van der Waals surface area contributed by atoms with Crippen LogP contribution in [0.25, 0.3) is 0 Å². The minimum Gasteiger partial charge on any atom is -0.508 e. The smallest absolute Gasteiger partial charge is 0.326 e. The number of aromatic hydroxyl groups is 1. The fraction of sp³-hybridized carbons (Fsp3) is 0.532. The number of nitrogens with one attached hydrogen (secondary N) is 7. The number of thiol groups is 1. The Balaban J connectivity index is 2.34. The number of primary amides is 1. The van der Waals surface area contributed by atoms with Crippen molar-refractivity contribution in [2.24, 2.45) is 29.2 Å². The van der Waals surface area contributed by atoms with Gasteiger partial charge in [0.05, 0.1) is 18.9 Å². The highest BCUT2D eigenvalue weighted by Crippen LogP contribution is 2.14. The van der Waals surface area contributed by atoms with Gasteiger partial charge in [0.2, 0.25) is 47.3 Å². The Bertz CT molecular complexity index is 2130. The molecular formula is C47H69N9O13S. The number of hydrogen-bond acceptors (Lipinski definition) is 13. The van der Waals surface area contributed by atoms with E-state index >= 15 is 0 Å². The summed E-state index contributed by atoms with van der Waals surface area (Å²) in [4.78, 5) is 132. The molecule has 2 rings (SSSR count). The maximum Gasteiger partial charge on any atom is 0.326 e. The van der Waals surface area contributed by atoms with Crippen LogP contribution >= 0.6 is 12.6 Å². The van der Waals surface area contributed by atoms with Gasteiger partial charge in [-0.2, -0.15) is 12.6 Å². The van der Waals surface area contributed by atoms with Crippen LogP contribution in [0.2, 0.25) is 0 Å². The van der Waals surface area contributed by atoms with Crippen LogP contribution in [0, 0.1) is 17.8 Å². The zero-order valence-corrected chi connectivity index (χ0v) is 41.1. The lowest BCUT2D eigenvalue weighted by atomic mass is 9.96. The predicted octanol–water partition coefficient (Wildman–Crippen LogP) is -0.599. The molecule has 8 amide bonds. The van der Waals surface area contributed by atoms with Gasteiger partial charge in [-0.3, -0.25) is 43.2 Å². The molecule has 0 unspecified atom stereocenters. The topological polar surface area (TPSA) is 368 Å². The van der Waals surface area contributed by atoms with E-state index in [-0.39, 0.29) is 43.3 Å². The molecule has 0 aliphatic rings. The molecule has 0 aliphatic carbocycles. The van der Waals surface area contributed by atoms with Gasteiger partial charge < -0.3 is 64.0 Å². The molecule has 0 aliphatic heterocycles. The summed E-state index contributed by atoms with van der Waals surface area (Å²) in [6, 6.07) is 2.73. The lowest BCUT2D eigenvalue weighted by Gasteiger charge is -2.28. The van der Waals surface area contributed by atoms with E-state index in [0.29, 0.717) is 17.5 Å². The van der Waals surface area contributed by atoms with Gasteiger partial charge in [0, 0.05) is 12.2 Å². The molecule has 0 fully saturated rings. The maximum absolute atomic E-state index is 14.0. The first-order valence-electron chi connectivity index (χ1n) is 22.9. The number of nitrogens with two attached hydrogens (primary N) is 2. The molecule has 14 N–H and O–H groups in total. The molecule has 0 heterocycles. The Hall–Kier alpha value is -6.75. The van der Waals surface area contributed by atoms with E-state index in [0.717, 1.165) is 0 Å². The fourth-order valence-electron chi connectivity index (χ4n) is 7.01. The third-order valence-electron chi connectivity index (χ3n) is 11.0. The predicted molar refractivity (Wildman–Crippen MR) is 259 cm³/mol. The summed E-state index contributed by atoms with van der Waals surface area (Å²) in [7, 11) is 0. The number of carbonyl (C=O) groups excluding carboxylic acids is 8. The lowest BCUT2D eigenvalue weighted by molar-refractivity contribution is -0.143. The Morgan fingerprint density at radius 3 is 1.50 bits per heavy atom. The second-order valence-corrected chi connectivity index (χ2v) is 18.3. The van der Waals surface area contributed by atoms with Crippen molar-refractivity contribution in [1.29, 1.82) is 0 Å². The number of aliphatic carboxylic acids is 2. The van der Waals surface area contributed by atoms with Crippen molar-refractivity contribution >= 4 is 71.8 Å². The number of rotatable bonds is 30. The van der Waals surface area contributed by atoms with Crippen molar-refractivity contribution in [3.8, 4) is 5.75 Å². The summed E-state index contributed by atoms with van der Waals surface area (Å²) in [5, 5.41) is 46.2. The molecule has 0 saturated carbocycles. The highest BCUT2D eigenvalue weighted by Gasteiger charge is 2.36. The number of amides is 8. The maximum atomic E-state index is 14.0. The van der Waals surface area contributed by atoms with Crippen molar-refractivity contribution in [1.82, 2.24) is 37.2 Å². The zero-order valence-electron chi connectivity index (χ0n) is 40.2. The average Bonchev–Trinajstić information content (AvgIpc) is 3.28. The molecule has 0 saturated heterocycles. The van der Waals surface area contributed by atoms with Crippen LogP contribution in [0.5, 0.6) is 5.75 Å². The second-order valence-electron chi connectivity index (χ2n) is 18.0. The molecule has 0 aromatic heterocycles. The molecule has 0 bridgehead atoms. The lowest BCUT2D eigenvalue weighted by Crippen LogP contribution is -2.61. The summed E-state index contributed by atoms with van der Waals surface area (Å²) >= 11 is 4.15. The van der Waals surface area contributed by atoms with Crippen molar-refractivity contribution in [2.45, 2.75) is 135 Å². The molecule has 70 heavy (non-hydrogen) atoms. The van der Waals surface area contributed by atoms with E-state index in [1.54, 1.807) is 84.0 Å². The van der Waals surface area contributed by atoms with Gasteiger partial charge in [-0.05, 0) is 60.3 Å². The number of carboxylic acids is 2. The first kappa shape index (κ1) is 59.4. The van der Waals surface area contributed by atoms with Gasteiger partial charge in [-0.25, -0.2) is 4.79 Å². The number of carbonyl (C=O) groups is 10. The molecule has 23 heteroatoms. The van der Waals surface area contributed by atoms with Crippen LogP contribution in [0.15, 0.2) is 54.6 Å². The Labute approximate surface area is 412 Å². The molecule has 2 aromatic carbocycles. The van der Waals surface area contributed by atoms with Crippen LogP contribution in [0.3, 0.4) is 0 Å². The fourth-order valence-corrected chi connectivity index (χ4v) is 7.26. The van der Waals surface area contributed by atoms with Gasteiger partial charge in [0.1, 0.15) is 48.0 Å². The quantitative estimate of drug-likeness (QED) is 0.0435. The van der Waals surface area contributed by atoms with Gasteiger partial charge in [-0.15, -0.1) is 0 Å². The summed E-state index contributed by atoms with van der Waals surface area (Å²) in [5.74, 6) is -11.8. The van der Waals surface area contributed by atoms with Crippen LogP contribution in [-0.4, -0.2) is 129 Å². The summed E-state index contributed by atoms with van der Waals surface area (Å²) in [6.45, 7) is 10.5. The number of carboxylic acid groups (broad SMARTS) is 2. The summed E-state index contributed by atoms with van der Waals surface area (Å²) < 4.78 is 0. The van der Waals surface area contributed by atoms with E-state index in [1.165, 1.54) is 12.1 Å². The van der Waals surface area contributed by atoms with E-state index in [2.05, 4.69) is 49.8 Å².